The molecule has 28 N–H and O–H groups in total. The average molecular weight is 1370 g/mol. The van der Waals surface area contributed by atoms with E-state index in [0.29, 0.717) is 25.7 Å². The van der Waals surface area contributed by atoms with Gasteiger partial charge in [0.1, 0.15) is 49.8 Å². The van der Waals surface area contributed by atoms with Crippen molar-refractivity contribution in [2.75, 3.05) is 0 Å². The molecule has 0 aromatic rings. The van der Waals surface area contributed by atoms with Gasteiger partial charge in [-0.05, 0) is 115 Å². The molecule has 0 radical (unpaired) electrons. The summed E-state index contributed by atoms with van der Waals surface area (Å²) in [6.45, 7) is 0. The summed E-state index contributed by atoms with van der Waals surface area (Å²) in [7, 11) is -18.5. The number of nitrogens with two attached hydrogens (primary N) is 2. The van der Waals surface area contributed by atoms with E-state index in [1.165, 1.54) is 0 Å². The highest BCUT2D eigenvalue weighted by Gasteiger charge is 2.58. The number of azo groups is 2. The van der Waals surface area contributed by atoms with Gasteiger partial charge < -0.3 is 69.4 Å². The molecular weight excluding hydrogens is 1280 g/mol. The SMILES string of the molecule is NC1NC(NC2CCC(NC3NC(N)NC(NC4CC(S(=O)(=O)O)CC5CC(S(O)(O)O)C(N=NC6CC(C(=O)O)CC(C(=O)O)C6)C(O)C54)N3)CC2)NC(NC2CC(S(=O)(=O)O)CC3CC(S(O)(O)O)C(N=NC4CC(C(=O)O)CC(C(=O)O)C4)C(O)C32)N1. The third-order valence-corrected chi connectivity index (χ3v) is 25.0. The fourth-order valence-corrected chi connectivity index (χ4v) is 19.8. The quantitative estimate of drug-likeness (QED) is 0.0439. The topological polar surface area (TPSA) is 642 Å². The first kappa shape index (κ1) is 71.1. The van der Waals surface area contributed by atoms with Crippen LogP contribution >= 0.6 is 21.7 Å². The summed E-state index contributed by atoms with van der Waals surface area (Å²) in [6.07, 6.45) is -7.99. The number of aliphatic carboxylic acids is 4. The molecule has 90 heavy (non-hydrogen) atoms. The number of rotatable bonds is 20. The zero-order chi connectivity index (χ0) is 65.7. The van der Waals surface area contributed by atoms with E-state index in [0.717, 1.165) is 0 Å². The lowest BCUT2D eigenvalue weighted by Gasteiger charge is -2.53. The summed E-state index contributed by atoms with van der Waals surface area (Å²) in [4.78, 5) is 47.7. The molecule has 7 saturated carbocycles. The second-order valence-corrected chi connectivity index (χ2v) is 32.8. The van der Waals surface area contributed by atoms with Gasteiger partial charge in [-0.1, -0.05) is 0 Å². The van der Waals surface area contributed by atoms with E-state index in [-0.39, 0.29) is 89.1 Å². The van der Waals surface area contributed by atoms with E-state index in [1.54, 1.807) is 0 Å². The van der Waals surface area contributed by atoms with Crippen molar-refractivity contribution in [3.05, 3.63) is 0 Å². The first-order chi connectivity index (χ1) is 42.0. The van der Waals surface area contributed by atoms with Crippen molar-refractivity contribution >= 4 is 65.9 Å². The third-order valence-electron chi connectivity index (χ3n) is 20.0. The molecule has 516 valence electrons. The predicted molar refractivity (Wildman–Crippen MR) is 316 cm³/mol. The van der Waals surface area contributed by atoms with Gasteiger partial charge in [-0.3, -0.25) is 81.5 Å². The second kappa shape index (κ2) is 28.6. The Labute approximate surface area is 521 Å². The van der Waals surface area contributed by atoms with Crippen LogP contribution in [-0.4, -0.2) is 227 Å². The number of hydrogen-bond donors (Lipinski definition) is 26. The molecule has 38 nitrogen and oxygen atoms in total. The van der Waals surface area contributed by atoms with Crippen LogP contribution in [0.2, 0.25) is 0 Å². The van der Waals surface area contributed by atoms with Crippen LogP contribution in [0.3, 0.4) is 0 Å². The lowest BCUT2D eigenvalue weighted by molar-refractivity contribution is -0.150. The normalized spacial score (nSPS) is 44.7. The van der Waals surface area contributed by atoms with Crippen molar-refractivity contribution < 1.29 is 103 Å². The Kier molecular flexibility index (Phi) is 22.6. The van der Waals surface area contributed by atoms with E-state index in [2.05, 4.69) is 73.6 Å². The molecule has 9 fully saturated rings. The second-order valence-electron chi connectivity index (χ2n) is 26.0. The van der Waals surface area contributed by atoms with E-state index in [1.807, 2.05) is 0 Å². The van der Waals surface area contributed by atoms with Crippen molar-refractivity contribution in [3.63, 3.8) is 0 Å². The van der Waals surface area contributed by atoms with Crippen LogP contribution in [-0.2, 0) is 39.4 Å². The molecule has 7 aliphatic carbocycles. The summed E-state index contributed by atoms with van der Waals surface area (Å²) in [5, 5.41) is 107. The lowest BCUT2D eigenvalue weighted by atomic mass is 9.65. The molecule has 24 unspecified atom stereocenters. The first-order valence-electron chi connectivity index (χ1n) is 30.1. The fourth-order valence-electron chi connectivity index (χ4n) is 15.8. The van der Waals surface area contributed by atoms with E-state index in [9.17, 15) is 103 Å². The standard InChI is InChI=1S/C48H88N16O22S4/c49-43-55-45(59-47(57-43)53-29-15-27(87(75,76)77)11-17-13-31(89(81,82)83)35(37(65)33(17)29)63-61-25-7-19(39(67)68)5-20(8-25)40(69)70)51-23-1-2-24(4-3-23)52-46-56-44(50)58-48(60-46)54-30-16-28(88(78,79)80)12-18-14-32(90(84,85)86)36(38(66)34(18)30)64-62-26-9-21(41(71)72)6-22(10-26)42(73)74/h17-38,43-48,51-60,65-66,81-86H,1-16,49-50H2,(H,67,68)(H,69,70)(H,71,72)(H,73,74)(H,75,76,77)(H,78,79,80). The maximum absolute atomic E-state index is 12.8. The van der Waals surface area contributed by atoms with Crippen molar-refractivity contribution in [1.29, 1.82) is 0 Å². The molecule has 24 atom stereocenters. The van der Waals surface area contributed by atoms with Gasteiger partial charge in [0.05, 0.1) is 90.7 Å². The van der Waals surface area contributed by atoms with E-state index >= 15 is 0 Å². The van der Waals surface area contributed by atoms with Crippen molar-refractivity contribution in [3.8, 4) is 0 Å². The van der Waals surface area contributed by atoms with Crippen LogP contribution in [0.25, 0.3) is 0 Å². The third kappa shape index (κ3) is 17.4. The summed E-state index contributed by atoms with van der Waals surface area (Å²) < 4.78 is 136. The van der Waals surface area contributed by atoms with E-state index < -0.39 is 220 Å². The fraction of sp³-hybridized carbons (Fsp3) is 0.917. The molecule has 9 rings (SSSR count). The molecule has 2 aliphatic heterocycles. The van der Waals surface area contributed by atoms with Crippen molar-refractivity contribution in [1.82, 2.24) is 53.2 Å². The van der Waals surface area contributed by atoms with Crippen LogP contribution in [0, 0.1) is 47.3 Å². The van der Waals surface area contributed by atoms with Gasteiger partial charge in [-0.15, -0.1) is 0 Å². The zero-order valence-corrected chi connectivity index (χ0v) is 51.8. The number of carboxylic acid groups (broad SMARTS) is 4. The highest BCUT2D eigenvalue weighted by atomic mass is 32.3. The number of aliphatic hydroxyl groups is 2. The molecule has 0 bridgehead atoms. The van der Waals surface area contributed by atoms with Crippen LogP contribution in [0.1, 0.15) is 103 Å². The van der Waals surface area contributed by atoms with Crippen molar-refractivity contribution in [2.45, 2.75) is 222 Å². The monoisotopic (exact) mass is 1370 g/mol. The molecular formula is C48H88N16O22S4. The highest BCUT2D eigenvalue weighted by molar-refractivity contribution is 8.20. The van der Waals surface area contributed by atoms with Gasteiger partial charge in [-0.25, -0.2) is 0 Å². The Bertz CT molecular complexity index is 2620. The Balaban J connectivity index is 0.820. The van der Waals surface area contributed by atoms with Gasteiger partial charge >= 0.3 is 23.9 Å². The Morgan fingerprint density at radius 3 is 0.978 bits per heavy atom. The molecule has 0 amide bonds. The smallest absolute Gasteiger partial charge is 0.306 e. The minimum Gasteiger partial charge on any atom is -0.481 e. The number of hydrogen-bond acceptors (Lipinski definition) is 32. The number of aliphatic hydroxyl groups excluding tert-OH is 2. The Morgan fingerprint density at radius 1 is 0.400 bits per heavy atom. The summed E-state index contributed by atoms with van der Waals surface area (Å²) >= 11 is 0. The average Bonchev–Trinajstić information content (AvgIpc) is 0.760. The number of carbonyl (C=O) groups is 4. The van der Waals surface area contributed by atoms with Crippen LogP contribution < -0.4 is 64.6 Å². The zero-order valence-electron chi connectivity index (χ0n) is 48.6. The molecule has 0 aromatic heterocycles. The highest BCUT2D eigenvalue weighted by Crippen LogP contribution is 2.56. The first-order valence-corrected chi connectivity index (χ1v) is 36.2. The number of nitrogens with zero attached hydrogens (tertiary/aromatic N) is 4. The van der Waals surface area contributed by atoms with Crippen LogP contribution in [0.15, 0.2) is 20.5 Å². The maximum Gasteiger partial charge on any atom is 0.306 e. The van der Waals surface area contributed by atoms with E-state index in [4.69, 9.17) is 11.5 Å². The Morgan fingerprint density at radius 2 is 0.700 bits per heavy atom. The molecule has 0 spiro atoms. The summed E-state index contributed by atoms with van der Waals surface area (Å²) in [6, 6.07) is -7.10. The van der Waals surface area contributed by atoms with Gasteiger partial charge in [-0.2, -0.15) is 37.3 Å². The van der Waals surface area contributed by atoms with Crippen LogP contribution in [0.4, 0.5) is 0 Å². The minimum atomic E-state index is -4.72. The number of fused-ring (bicyclic) bond motifs is 2. The molecule has 42 heteroatoms. The maximum atomic E-state index is 12.8. The number of nitrogens with one attached hydrogen (secondary N) is 10. The molecule has 0 aromatic carbocycles. The molecule has 2 saturated heterocycles. The van der Waals surface area contributed by atoms with Gasteiger partial charge in [0.2, 0.25) is 0 Å². The van der Waals surface area contributed by atoms with Crippen LogP contribution in [0.5, 0.6) is 0 Å². The minimum absolute atomic E-state index is 0.0910. The lowest BCUT2D eigenvalue weighted by Crippen LogP contribution is -2.79. The number of carboxylic acids is 4. The largest absolute Gasteiger partial charge is 0.481 e. The molecule has 9 aliphatic rings. The van der Waals surface area contributed by atoms with Gasteiger partial charge in [0.25, 0.3) is 20.2 Å². The van der Waals surface area contributed by atoms with Gasteiger partial charge in [0, 0.05) is 36.0 Å². The summed E-state index contributed by atoms with van der Waals surface area (Å²) in [5.74, 6) is -12.8. The summed E-state index contributed by atoms with van der Waals surface area (Å²) in [5.41, 5.74) is 12.9. The molecule has 2 heterocycles. The van der Waals surface area contributed by atoms with Crippen molar-refractivity contribution in [2.24, 2.45) is 79.3 Å². The predicted octanol–water partition coefficient (Wildman–Crippen LogP) is -2.59. The van der Waals surface area contributed by atoms with Gasteiger partial charge in [0.15, 0.2) is 0 Å². The Hall–Kier alpha value is -3.20.